The van der Waals surface area contributed by atoms with Crippen molar-refractivity contribution in [3.63, 3.8) is 0 Å². The van der Waals surface area contributed by atoms with Gasteiger partial charge in [-0.1, -0.05) is 43.7 Å². The number of hydrogen-bond acceptors (Lipinski definition) is 2. The van der Waals surface area contributed by atoms with Crippen LogP contribution in [0.3, 0.4) is 0 Å². The van der Waals surface area contributed by atoms with E-state index < -0.39 is 0 Å². The molecule has 0 spiro atoms. The highest BCUT2D eigenvalue weighted by atomic mass is 15.2. The van der Waals surface area contributed by atoms with Gasteiger partial charge >= 0.3 is 0 Å². The topological polar surface area (TPSA) is 15.3 Å². The molecule has 17 heavy (non-hydrogen) atoms. The quantitative estimate of drug-likeness (QED) is 0.814. The second kappa shape index (κ2) is 6.77. The molecule has 2 heteroatoms. The summed E-state index contributed by atoms with van der Waals surface area (Å²) in [6.45, 7) is 10.9. The van der Waals surface area contributed by atoms with Gasteiger partial charge in [0.1, 0.15) is 0 Å². The fourth-order valence-electron chi connectivity index (χ4n) is 2.10. The SMILES string of the molecule is CCNC(c1ccc(C)cc1)C(C)N(C)CC. The van der Waals surface area contributed by atoms with Crippen molar-refractivity contribution in [1.29, 1.82) is 0 Å². The number of hydrogen-bond donors (Lipinski definition) is 1. The molecule has 0 aliphatic rings. The summed E-state index contributed by atoms with van der Waals surface area (Å²) in [6.07, 6.45) is 0. The van der Waals surface area contributed by atoms with Crippen LogP contribution in [0.25, 0.3) is 0 Å². The highest BCUT2D eigenvalue weighted by Crippen LogP contribution is 2.20. The molecule has 1 aromatic rings. The van der Waals surface area contributed by atoms with Crippen LogP contribution in [0.15, 0.2) is 24.3 Å². The molecule has 2 unspecified atom stereocenters. The van der Waals surface area contributed by atoms with Crippen LogP contribution in [0.2, 0.25) is 0 Å². The second-order valence-corrected chi connectivity index (χ2v) is 4.76. The van der Waals surface area contributed by atoms with Crippen LogP contribution < -0.4 is 5.32 Å². The molecule has 0 saturated heterocycles. The van der Waals surface area contributed by atoms with Crippen LogP contribution in [-0.4, -0.2) is 31.1 Å². The number of nitrogens with zero attached hydrogens (tertiary/aromatic N) is 1. The Morgan fingerprint density at radius 1 is 1.18 bits per heavy atom. The fraction of sp³-hybridized carbons (Fsp3) is 0.600. The van der Waals surface area contributed by atoms with Crippen molar-refractivity contribution in [3.05, 3.63) is 35.4 Å². The zero-order valence-corrected chi connectivity index (χ0v) is 11.8. The van der Waals surface area contributed by atoms with Gasteiger partial charge in [0.2, 0.25) is 0 Å². The summed E-state index contributed by atoms with van der Waals surface area (Å²) in [6, 6.07) is 9.77. The first-order valence-electron chi connectivity index (χ1n) is 6.60. The summed E-state index contributed by atoms with van der Waals surface area (Å²) in [5, 5.41) is 3.59. The largest absolute Gasteiger partial charge is 0.309 e. The average Bonchev–Trinajstić information content (AvgIpc) is 2.35. The lowest BCUT2D eigenvalue weighted by Crippen LogP contribution is -2.40. The normalized spacial score (nSPS) is 14.9. The van der Waals surface area contributed by atoms with Crippen molar-refractivity contribution in [2.75, 3.05) is 20.1 Å². The smallest absolute Gasteiger partial charge is 0.0475 e. The van der Waals surface area contributed by atoms with Crippen molar-refractivity contribution >= 4 is 0 Å². The third-order valence-electron chi connectivity index (χ3n) is 3.54. The highest BCUT2D eigenvalue weighted by molar-refractivity contribution is 5.25. The molecular weight excluding hydrogens is 208 g/mol. The molecule has 0 bridgehead atoms. The molecule has 0 saturated carbocycles. The van der Waals surface area contributed by atoms with Gasteiger partial charge in [0.05, 0.1) is 0 Å². The Bertz CT molecular complexity index is 318. The number of benzene rings is 1. The zero-order chi connectivity index (χ0) is 12.8. The molecule has 0 radical (unpaired) electrons. The Kier molecular flexibility index (Phi) is 5.66. The van der Waals surface area contributed by atoms with Crippen LogP contribution in [-0.2, 0) is 0 Å². The van der Waals surface area contributed by atoms with Gasteiger partial charge in [0.15, 0.2) is 0 Å². The molecule has 1 rings (SSSR count). The average molecular weight is 234 g/mol. The van der Waals surface area contributed by atoms with Crippen molar-refractivity contribution < 1.29 is 0 Å². The molecule has 0 aromatic heterocycles. The zero-order valence-electron chi connectivity index (χ0n) is 11.8. The first-order valence-corrected chi connectivity index (χ1v) is 6.60. The van der Waals surface area contributed by atoms with Gasteiger partial charge in [-0.25, -0.2) is 0 Å². The molecule has 0 amide bonds. The molecular formula is C15H26N2. The van der Waals surface area contributed by atoms with Crippen LogP contribution in [0, 0.1) is 6.92 Å². The summed E-state index contributed by atoms with van der Waals surface area (Å²) < 4.78 is 0. The molecule has 0 aliphatic heterocycles. The summed E-state index contributed by atoms with van der Waals surface area (Å²) >= 11 is 0. The molecule has 0 aliphatic carbocycles. The van der Waals surface area contributed by atoms with E-state index in [4.69, 9.17) is 0 Å². The number of aryl methyl sites for hydroxylation is 1. The van der Waals surface area contributed by atoms with Crippen LogP contribution in [0.1, 0.15) is 37.9 Å². The van der Waals surface area contributed by atoms with Crippen molar-refractivity contribution in [2.45, 2.75) is 39.8 Å². The maximum Gasteiger partial charge on any atom is 0.0475 e. The van der Waals surface area contributed by atoms with E-state index in [0.717, 1.165) is 13.1 Å². The van der Waals surface area contributed by atoms with E-state index in [1.165, 1.54) is 11.1 Å². The third-order valence-corrected chi connectivity index (χ3v) is 3.54. The summed E-state index contributed by atoms with van der Waals surface area (Å²) in [5.41, 5.74) is 2.70. The molecule has 1 aromatic carbocycles. The minimum absolute atomic E-state index is 0.408. The Labute approximate surface area is 106 Å². The second-order valence-electron chi connectivity index (χ2n) is 4.76. The molecule has 2 nitrogen and oxygen atoms in total. The first kappa shape index (κ1) is 14.2. The minimum Gasteiger partial charge on any atom is -0.309 e. The highest BCUT2D eigenvalue weighted by Gasteiger charge is 2.20. The predicted molar refractivity (Wildman–Crippen MR) is 75.4 cm³/mol. The Balaban J connectivity index is 2.88. The van der Waals surface area contributed by atoms with E-state index in [1.807, 2.05) is 0 Å². The van der Waals surface area contributed by atoms with Gasteiger partial charge in [-0.2, -0.15) is 0 Å². The Morgan fingerprint density at radius 2 is 1.76 bits per heavy atom. The lowest BCUT2D eigenvalue weighted by molar-refractivity contribution is 0.217. The maximum absolute atomic E-state index is 3.59. The van der Waals surface area contributed by atoms with Gasteiger partial charge in [-0.3, -0.25) is 0 Å². The Hall–Kier alpha value is -0.860. The summed E-state index contributed by atoms with van der Waals surface area (Å²) in [4.78, 5) is 2.38. The number of nitrogens with one attached hydrogen (secondary N) is 1. The maximum atomic E-state index is 3.59. The monoisotopic (exact) mass is 234 g/mol. The van der Waals surface area contributed by atoms with E-state index in [9.17, 15) is 0 Å². The van der Waals surface area contributed by atoms with Gasteiger partial charge in [-0.15, -0.1) is 0 Å². The van der Waals surface area contributed by atoms with Gasteiger partial charge < -0.3 is 10.2 Å². The van der Waals surface area contributed by atoms with E-state index in [0.29, 0.717) is 12.1 Å². The third kappa shape index (κ3) is 3.83. The Morgan fingerprint density at radius 3 is 2.24 bits per heavy atom. The summed E-state index contributed by atoms with van der Waals surface area (Å²) in [5.74, 6) is 0. The minimum atomic E-state index is 0.408. The number of rotatable bonds is 6. The van der Waals surface area contributed by atoms with Gasteiger partial charge in [0.25, 0.3) is 0 Å². The van der Waals surface area contributed by atoms with Crippen molar-refractivity contribution in [3.8, 4) is 0 Å². The molecule has 0 heterocycles. The molecule has 0 fully saturated rings. The van der Waals surface area contributed by atoms with Gasteiger partial charge in [-0.05, 0) is 39.5 Å². The molecule has 96 valence electrons. The van der Waals surface area contributed by atoms with E-state index >= 15 is 0 Å². The van der Waals surface area contributed by atoms with Crippen molar-refractivity contribution in [1.82, 2.24) is 10.2 Å². The van der Waals surface area contributed by atoms with E-state index in [2.05, 4.69) is 69.2 Å². The van der Waals surface area contributed by atoms with E-state index in [-0.39, 0.29) is 0 Å². The van der Waals surface area contributed by atoms with Crippen molar-refractivity contribution in [2.24, 2.45) is 0 Å². The van der Waals surface area contributed by atoms with Crippen LogP contribution in [0.4, 0.5) is 0 Å². The fourth-order valence-corrected chi connectivity index (χ4v) is 2.10. The lowest BCUT2D eigenvalue weighted by atomic mass is 9.98. The predicted octanol–water partition coefficient (Wildman–Crippen LogP) is 2.99. The lowest BCUT2D eigenvalue weighted by Gasteiger charge is -2.32. The van der Waals surface area contributed by atoms with Gasteiger partial charge in [0, 0.05) is 12.1 Å². The first-order chi connectivity index (χ1) is 8.10. The number of likely N-dealkylation sites (N-methyl/N-ethyl adjacent to an activating group) is 2. The van der Waals surface area contributed by atoms with Crippen LogP contribution in [0.5, 0.6) is 0 Å². The van der Waals surface area contributed by atoms with E-state index in [1.54, 1.807) is 0 Å². The summed E-state index contributed by atoms with van der Waals surface area (Å²) in [7, 11) is 2.18. The molecule has 2 atom stereocenters. The molecule has 1 N–H and O–H groups in total. The van der Waals surface area contributed by atoms with Crippen LogP contribution >= 0.6 is 0 Å². The standard InChI is InChI=1S/C15H26N2/c1-6-16-15(13(4)17(5)7-2)14-10-8-12(3)9-11-14/h8-11,13,15-16H,6-7H2,1-5H3.